The van der Waals surface area contributed by atoms with Gasteiger partial charge in [0.25, 0.3) is 0 Å². The molecule has 0 saturated heterocycles. The van der Waals surface area contributed by atoms with Gasteiger partial charge < -0.3 is 10.2 Å². The maximum Gasteiger partial charge on any atom is 0.244 e. The van der Waals surface area contributed by atoms with Crippen molar-refractivity contribution in [2.45, 2.75) is 19.0 Å². The highest BCUT2D eigenvalue weighted by Gasteiger charge is 2.33. The lowest BCUT2D eigenvalue weighted by atomic mass is 10.0. The first-order valence-corrected chi connectivity index (χ1v) is 13.4. The van der Waals surface area contributed by atoms with Crippen LogP contribution in [0.3, 0.4) is 0 Å². The summed E-state index contributed by atoms with van der Waals surface area (Å²) in [6.45, 7) is -1.02. The first-order chi connectivity index (χ1) is 17.5. The number of halogens is 3. The zero-order valence-corrected chi connectivity index (χ0v) is 21.8. The summed E-state index contributed by atoms with van der Waals surface area (Å²) in [7, 11) is -2.63. The van der Waals surface area contributed by atoms with Crippen molar-refractivity contribution in [3.8, 4) is 0 Å². The van der Waals surface area contributed by atoms with Crippen LogP contribution in [0.15, 0.2) is 72.8 Å². The number of nitrogens with zero attached hydrogens (tertiary/aromatic N) is 2. The normalized spacial score (nSPS) is 12.0. The van der Waals surface area contributed by atoms with Gasteiger partial charge in [-0.05, 0) is 29.8 Å². The molecular weight excluding hydrogens is 524 g/mol. The highest BCUT2D eigenvalue weighted by molar-refractivity contribution is 7.92. The van der Waals surface area contributed by atoms with Crippen LogP contribution in [0.25, 0.3) is 0 Å². The number of likely N-dealkylation sites (N-methyl/N-ethyl adjacent to an activating group) is 1. The lowest BCUT2D eigenvalue weighted by Crippen LogP contribution is -2.53. The summed E-state index contributed by atoms with van der Waals surface area (Å²) in [5.41, 5.74) is 0.855. The third-order valence-corrected chi connectivity index (χ3v) is 7.12. The van der Waals surface area contributed by atoms with Crippen LogP contribution in [0.2, 0.25) is 5.02 Å². The number of carbonyl (C=O) groups excluding carboxylic acids is 2. The lowest BCUT2D eigenvalue weighted by molar-refractivity contribution is -0.139. The Hall–Kier alpha value is -3.50. The van der Waals surface area contributed by atoms with E-state index in [0.29, 0.717) is 0 Å². The quantitative estimate of drug-likeness (QED) is 0.417. The second-order valence-electron chi connectivity index (χ2n) is 8.30. The summed E-state index contributed by atoms with van der Waals surface area (Å²) in [4.78, 5) is 27.8. The smallest absolute Gasteiger partial charge is 0.244 e. The van der Waals surface area contributed by atoms with E-state index in [0.717, 1.165) is 33.2 Å². The molecule has 0 bridgehead atoms. The van der Waals surface area contributed by atoms with Gasteiger partial charge in [0.2, 0.25) is 21.8 Å². The summed E-state index contributed by atoms with van der Waals surface area (Å²) in [6, 6.07) is 16.9. The van der Waals surface area contributed by atoms with Crippen LogP contribution in [-0.2, 0) is 32.6 Å². The zero-order chi connectivity index (χ0) is 27.2. The second-order valence-corrected chi connectivity index (χ2v) is 10.6. The van der Waals surface area contributed by atoms with Gasteiger partial charge in [0.15, 0.2) is 0 Å². The molecule has 0 heterocycles. The molecule has 0 fully saturated rings. The van der Waals surface area contributed by atoms with Gasteiger partial charge in [-0.1, -0.05) is 60.1 Å². The van der Waals surface area contributed by atoms with Crippen molar-refractivity contribution in [1.29, 1.82) is 0 Å². The Kier molecular flexibility index (Phi) is 9.23. The fourth-order valence-electron chi connectivity index (χ4n) is 3.78. The summed E-state index contributed by atoms with van der Waals surface area (Å²) in [6.07, 6.45) is 0.987. The molecule has 0 aromatic heterocycles. The van der Waals surface area contributed by atoms with E-state index in [9.17, 15) is 26.8 Å². The average molecular weight is 550 g/mol. The fraction of sp³-hybridized carbons (Fsp3) is 0.231. The van der Waals surface area contributed by atoms with E-state index in [4.69, 9.17) is 11.6 Å². The molecule has 2 amide bonds. The van der Waals surface area contributed by atoms with E-state index in [1.54, 1.807) is 36.4 Å². The Morgan fingerprint density at radius 1 is 0.973 bits per heavy atom. The van der Waals surface area contributed by atoms with E-state index >= 15 is 0 Å². The van der Waals surface area contributed by atoms with E-state index in [2.05, 4.69) is 5.32 Å². The Balaban J connectivity index is 2.05. The molecule has 1 N–H and O–H groups in total. The van der Waals surface area contributed by atoms with Crippen molar-refractivity contribution in [3.63, 3.8) is 0 Å². The van der Waals surface area contributed by atoms with Gasteiger partial charge in [-0.15, -0.1) is 0 Å². The van der Waals surface area contributed by atoms with E-state index in [1.165, 1.54) is 31.3 Å². The molecule has 0 saturated carbocycles. The molecule has 0 aliphatic heterocycles. The second kappa shape index (κ2) is 12.2. The molecule has 0 radical (unpaired) electrons. The van der Waals surface area contributed by atoms with Gasteiger partial charge >= 0.3 is 0 Å². The van der Waals surface area contributed by atoms with Crippen molar-refractivity contribution >= 4 is 39.1 Å². The highest BCUT2D eigenvalue weighted by Crippen LogP contribution is 2.25. The van der Waals surface area contributed by atoms with Gasteiger partial charge in [-0.2, -0.15) is 0 Å². The molecule has 196 valence electrons. The lowest BCUT2D eigenvalue weighted by Gasteiger charge is -2.33. The highest BCUT2D eigenvalue weighted by atomic mass is 35.5. The summed E-state index contributed by atoms with van der Waals surface area (Å²) in [5, 5.41) is 2.21. The number of carbonyl (C=O) groups is 2. The van der Waals surface area contributed by atoms with E-state index in [-0.39, 0.29) is 29.2 Å². The number of nitrogens with one attached hydrogen (secondary N) is 1. The Labute approximate surface area is 219 Å². The maximum atomic E-state index is 14.6. The molecule has 0 spiro atoms. The van der Waals surface area contributed by atoms with Crippen LogP contribution in [0.4, 0.5) is 14.5 Å². The van der Waals surface area contributed by atoms with Crippen LogP contribution in [0.5, 0.6) is 0 Å². The molecule has 3 aromatic carbocycles. The third kappa shape index (κ3) is 7.27. The number of anilines is 1. The first kappa shape index (κ1) is 28.1. The predicted octanol–water partition coefficient (Wildman–Crippen LogP) is 3.77. The van der Waals surface area contributed by atoms with Crippen LogP contribution >= 0.6 is 11.6 Å². The zero-order valence-electron chi connectivity index (χ0n) is 20.2. The number of rotatable bonds is 10. The third-order valence-electron chi connectivity index (χ3n) is 5.69. The van der Waals surface area contributed by atoms with Crippen molar-refractivity contribution in [2.75, 3.05) is 24.2 Å². The maximum absolute atomic E-state index is 14.6. The molecule has 3 aromatic rings. The number of hydrogen-bond acceptors (Lipinski definition) is 4. The van der Waals surface area contributed by atoms with Crippen molar-refractivity contribution in [3.05, 3.63) is 101 Å². The number of sulfonamides is 1. The standard InChI is InChI=1S/C26H26ClF2N3O4S/c1-30-26(34)24(14-18-8-4-3-5-9-18)31(16-19-10-6-7-11-22(19)28)25(33)17-32(37(2,35)36)20-12-13-23(29)21(27)15-20/h3-13,15,24H,14,16-17H2,1-2H3,(H,30,34). The van der Waals surface area contributed by atoms with E-state index < -0.39 is 46.1 Å². The van der Waals surface area contributed by atoms with Gasteiger partial charge in [-0.25, -0.2) is 17.2 Å². The van der Waals surface area contributed by atoms with Crippen molar-refractivity contribution < 1.29 is 26.8 Å². The van der Waals surface area contributed by atoms with Crippen LogP contribution in [0, 0.1) is 11.6 Å². The number of benzene rings is 3. The molecule has 7 nitrogen and oxygen atoms in total. The minimum absolute atomic E-state index is 0.0346. The van der Waals surface area contributed by atoms with Crippen molar-refractivity contribution in [1.82, 2.24) is 10.2 Å². The minimum atomic E-state index is -4.04. The number of amides is 2. The summed E-state index contributed by atoms with van der Waals surface area (Å²) < 4.78 is 54.3. The molecular formula is C26H26ClF2N3O4S. The minimum Gasteiger partial charge on any atom is -0.357 e. The fourth-order valence-corrected chi connectivity index (χ4v) is 4.80. The topological polar surface area (TPSA) is 86.8 Å². The van der Waals surface area contributed by atoms with Gasteiger partial charge in [-0.3, -0.25) is 13.9 Å². The van der Waals surface area contributed by atoms with Crippen LogP contribution in [0.1, 0.15) is 11.1 Å². The monoisotopic (exact) mass is 549 g/mol. The first-order valence-electron chi connectivity index (χ1n) is 11.2. The Bertz CT molecular complexity index is 1370. The number of hydrogen-bond donors (Lipinski definition) is 1. The molecule has 1 unspecified atom stereocenters. The predicted molar refractivity (Wildman–Crippen MR) is 139 cm³/mol. The molecule has 0 aliphatic carbocycles. The summed E-state index contributed by atoms with van der Waals surface area (Å²) in [5.74, 6) is -2.61. The van der Waals surface area contributed by atoms with Gasteiger partial charge in [0.05, 0.1) is 17.0 Å². The largest absolute Gasteiger partial charge is 0.357 e. The molecule has 37 heavy (non-hydrogen) atoms. The van der Waals surface area contributed by atoms with E-state index in [1.807, 2.05) is 0 Å². The Morgan fingerprint density at radius 3 is 2.22 bits per heavy atom. The summed E-state index contributed by atoms with van der Waals surface area (Å²) >= 11 is 5.85. The Morgan fingerprint density at radius 2 is 1.62 bits per heavy atom. The van der Waals surface area contributed by atoms with Gasteiger partial charge in [0.1, 0.15) is 24.2 Å². The molecule has 0 aliphatic rings. The molecule has 1 atom stereocenters. The SMILES string of the molecule is CNC(=O)C(Cc1ccccc1)N(Cc1ccccc1F)C(=O)CN(c1ccc(F)c(Cl)c1)S(C)(=O)=O. The molecule has 3 rings (SSSR count). The van der Waals surface area contributed by atoms with Gasteiger partial charge in [0, 0.05) is 25.6 Å². The van der Waals surface area contributed by atoms with Crippen LogP contribution < -0.4 is 9.62 Å². The average Bonchev–Trinajstić information content (AvgIpc) is 2.86. The van der Waals surface area contributed by atoms with Crippen molar-refractivity contribution in [2.24, 2.45) is 0 Å². The van der Waals surface area contributed by atoms with Crippen LogP contribution in [-0.4, -0.2) is 51.0 Å². The molecule has 11 heteroatoms.